The van der Waals surface area contributed by atoms with Crippen molar-refractivity contribution in [2.24, 2.45) is 4.99 Å². The number of aryl methyl sites for hydroxylation is 1. The van der Waals surface area contributed by atoms with E-state index in [9.17, 15) is 22.0 Å². The zero-order valence-corrected chi connectivity index (χ0v) is 16.3. The van der Waals surface area contributed by atoms with E-state index in [1.165, 1.54) is 11.0 Å². The van der Waals surface area contributed by atoms with Crippen molar-refractivity contribution in [2.45, 2.75) is 32.2 Å². The van der Waals surface area contributed by atoms with Gasteiger partial charge in [0.2, 0.25) is 5.96 Å². The number of benzene rings is 1. The minimum Gasteiger partial charge on any atom is -0.323 e. The van der Waals surface area contributed by atoms with Gasteiger partial charge in [-0.3, -0.25) is 9.98 Å². The van der Waals surface area contributed by atoms with E-state index in [0.717, 1.165) is 6.07 Å². The number of ether oxygens (including phenoxy) is 1. The second kappa shape index (κ2) is 7.66. The fraction of sp³-hybridized carbons (Fsp3) is 0.368. The number of anilines is 2. The molecule has 0 saturated carbocycles. The minimum absolute atomic E-state index is 0.0401. The first-order chi connectivity index (χ1) is 14.2. The Bertz CT molecular complexity index is 1010. The molecule has 1 unspecified atom stereocenters. The Morgan fingerprint density at radius 3 is 2.73 bits per heavy atom. The highest BCUT2D eigenvalue weighted by atomic mass is 35.5. The first-order valence-electron chi connectivity index (χ1n) is 8.98. The second-order valence-electron chi connectivity index (χ2n) is 6.78. The molecule has 1 N–H and O–H groups in total. The van der Waals surface area contributed by atoms with Crippen LogP contribution in [-0.4, -0.2) is 36.8 Å². The van der Waals surface area contributed by atoms with E-state index in [4.69, 9.17) is 11.6 Å². The molecule has 1 radical (unpaired) electrons. The first-order valence-corrected chi connectivity index (χ1v) is 9.36. The molecular formula is C19H15ClF5N4O. The predicted octanol–water partition coefficient (Wildman–Crippen LogP) is 5.34. The molecule has 2 aliphatic heterocycles. The van der Waals surface area contributed by atoms with Crippen LogP contribution >= 0.6 is 11.6 Å². The van der Waals surface area contributed by atoms with Gasteiger partial charge in [0.1, 0.15) is 0 Å². The van der Waals surface area contributed by atoms with E-state index in [1.807, 2.05) is 0 Å². The maximum atomic E-state index is 13.8. The van der Waals surface area contributed by atoms with Crippen molar-refractivity contribution >= 4 is 28.9 Å². The predicted molar refractivity (Wildman–Crippen MR) is 102 cm³/mol. The van der Waals surface area contributed by atoms with Gasteiger partial charge in [-0.1, -0.05) is 17.7 Å². The fourth-order valence-electron chi connectivity index (χ4n) is 3.66. The second-order valence-corrected chi connectivity index (χ2v) is 7.16. The Labute approximate surface area is 173 Å². The Morgan fingerprint density at radius 1 is 1.30 bits per heavy atom. The van der Waals surface area contributed by atoms with Gasteiger partial charge in [-0.2, -0.15) is 22.0 Å². The molecule has 2 aliphatic rings. The van der Waals surface area contributed by atoms with E-state index >= 15 is 0 Å². The zero-order valence-electron chi connectivity index (χ0n) is 15.5. The summed E-state index contributed by atoms with van der Waals surface area (Å²) >= 11 is 6.57. The molecule has 1 atom stereocenters. The van der Waals surface area contributed by atoms with Gasteiger partial charge in [-0.15, -0.1) is 0 Å². The topological polar surface area (TPSA) is 49.8 Å². The summed E-state index contributed by atoms with van der Waals surface area (Å²) in [6.45, 7) is -1.13. The van der Waals surface area contributed by atoms with Gasteiger partial charge >= 0.3 is 12.8 Å². The van der Waals surface area contributed by atoms with E-state index < -0.39 is 24.5 Å². The van der Waals surface area contributed by atoms with Crippen LogP contribution in [0.4, 0.5) is 33.3 Å². The number of fused-ring (bicyclic) bond motifs is 3. The summed E-state index contributed by atoms with van der Waals surface area (Å²) in [4.78, 5) is 9.81. The van der Waals surface area contributed by atoms with E-state index in [1.54, 1.807) is 13.0 Å². The van der Waals surface area contributed by atoms with Crippen molar-refractivity contribution in [2.75, 3.05) is 23.3 Å². The normalized spacial score (nSPS) is 16.8. The number of aromatic nitrogens is 1. The molecule has 0 aliphatic carbocycles. The summed E-state index contributed by atoms with van der Waals surface area (Å²) in [5, 5.41) is 3.08. The van der Waals surface area contributed by atoms with Crippen LogP contribution in [0.2, 0.25) is 5.02 Å². The molecule has 2 aromatic rings. The summed E-state index contributed by atoms with van der Waals surface area (Å²) in [7, 11) is 0. The summed E-state index contributed by atoms with van der Waals surface area (Å²) in [6.07, 6.45) is -4.71. The molecule has 0 bridgehead atoms. The van der Waals surface area contributed by atoms with Gasteiger partial charge in [0.15, 0.2) is 6.10 Å². The molecular weight excluding hydrogens is 431 g/mol. The average molecular weight is 446 g/mol. The number of halogens is 6. The smallest absolute Gasteiger partial charge is 0.323 e. The average Bonchev–Trinajstić information content (AvgIpc) is 3.07. The van der Waals surface area contributed by atoms with Crippen molar-refractivity contribution in [3.63, 3.8) is 0 Å². The SMILES string of the molecule is Cc1n[c]ccc1-c1cc(C(OC(F)F)C(F)(F)F)c2c(c1Cl)NC1=NCCCN12. The van der Waals surface area contributed by atoms with Crippen molar-refractivity contribution in [3.05, 3.63) is 40.7 Å². The molecule has 11 heteroatoms. The van der Waals surface area contributed by atoms with E-state index in [-0.39, 0.29) is 22.0 Å². The van der Waals surface area contributed by atoms with E-state index in [0.29, 0.717) is 36.7 Å². The number of pyridine rings is 1. The summed E-state index contributed by atoms with van der Waals surface area (Å²) < 4.78 is 71.3. The lowest BCUT2D eigenvalue weighted by atomic mass is 9.96. The summed E-state index contributed by atoms with van der Waals surface area (Å²) in [6, 6.07) is 4.23. The van der Waals surface area contributed by atoms with Gasteiger partial charge < -0.3 is 15.0 Å². The van der Waals surface area contributed by atoms with Crippen LogP contribution in [0.3, 0.4) is 0 Å². The standard InChI is InChI=1S/C19H15ClF5N4O/c1-9-10(4-2-5-26-9)11-8-12(16(19(23,24)25)30-17(21)22)15-14(13(11)20)28-18-27-6-3-7-29(15)18/h2,4,8,16-17H,3,6-7H2,1H3,(H,27,28). The highest BCUT2D eigenvalue weighted by Gasteiger charge is 2.48. The molecule has 30 heavy (non-hydrogen) atoms. The fourth-order valence-corrected chi connectivity index (χ4v) is 3.96. The number of hydrogen-bond donors (Lipinski definition) is 1. The number of rotatable bonds is 4. The van der Waals surface area contributed by atoms with E-state index in [2.05, 4.69) is 26.2 Å². The lowest BCUT2D eigenvalue weighted by Crippen LogP contribution is -2.36. The summed E-state index contributed by atoms with van der Waals surface area (Å²) in [5.41, 5.74) is 0.877. The van der Waals surface area contributed by atoms with Crippen LogP contribution < -0.4 is 10.2 Å². The highest BCUT2D eigenvalue weighted by molar-refractivity contribution is 6.39. The van der Waals surface area contributed by atoms with Gasteiger partial charge in [-0.05, 0) is 25.5 Å². The van der Waals surface area contributed by atoms with Gasteiger partial charge in [-0.25, -0.2) is 0 Å². The third-order valence-corrected chi connectivity index (χ3v) is 5.28. The number of nitrogens with zero attached hydrogens (tertiary/aromatic N) is 3. The third kappa shape index (κ3) is 3.58. The van der Waals surface area contributed by atoms with Crippen LogP contribution in [-0.2, 0) is 4.74 Å². The van der Waals surface area contributed by atoms with Crippen molar-refractivity contribution < 1.29 is 26.7 Å². The Kier molecular flexibility index (Phi) is 5.31. The first kappa shape index (κ1) is 20.8. The Morgan fingerprint density at radius 2 is 2.07 bits per heavy atom. The lowest BCUT2D eigenvalue weighted by molar-refractivity contribution is -0.277. The molecule has 4 rings (SSSR count). The molecule has 0 amide bonds. The minimum atomic E-state index is -5.08. The highest BCUT2D eigenvalue weighted by Crippen LogP contribution is 2.52. The van der Waals surface area contributed by atoms with Gasteiger partial charge in [0.25, 0.3) is 0 Å². The van der Waals surface area contributed by atoms with Gasteiger partial charge in [0.05, 0.1) is 22.6 Å². The molecule has 0 spiro atoms. The lowest BCUT2D eigenvalue weighted by Gasteiger charge is -2.28. The maximum Gasteiger partial charge on any atom is 0.419 e. The number of alkyl halides is 5. The Balaban J connectivity index is 2.00. The van der Waals surface area contributed by atoms with Crippen LogP contribution in [0, 0.1) is 13.1 Å². The number of nitrogens with one attached hydrogen (secondary N) is 1. The zero-order chi connectivity index (χ0) is 21.6. The molecule has 5 nitrogen and oxygen atoms in total. The molecule has 1 aromatic carbocycles. The van der Waals surface area contributed by atoms with Crippen LogP contribution in [0.1, 0.15) is 23.8 Å². The van der Waals surface area contributed by atoms with Crippen molar-refractivity contribution in [3.8, 4) is 11.1 Å². The van der Waals surface area contributed by atoms with Crippen LogP contribution in [0.15, 0.2) is 23.2 Å². The molecule has 159 valence electrons. The quantitative estimate of drug-likeness (QED) is 0.645. The van der Waals surface area contributed by atoms with Crippen molar-refractivity contribution in [1.82, 2.24) is 4.98 Å². The number of guanidine groups is 1. The third-order valence-electron chi connectivity index (χ3n) is 4.89. The number of aliphatic imine (C=N–C) groups is 1. The molecule has 3 heterocycles. The van der Waals surface area contributed by atoms with Gasteiger partial charge in [0, 0.05) is 35.5 Å². The van der Waals surface area contributed by atoms with Crippen LogP contribution in [0.5, 0.6) is 0 Å². The monoisotopic (exact) mass is 445 g/mol. The molecule has 0 fully saturated rings. The maximum absolute atomic E-state index is 13.8. The number of hydrogen-bond acceptors (Lipinski definition) is 5. The molecule has 1 aromatic heterocycles. The largest absolute Gasteiger partial charge is 0.419 e. The summed E-state index contributed by atoms with van der Waals surface area (Å²) in [5.74, 6) is 0.325. The molecule has 0 saturated heterocycles. The Hall–Kier alpha value is -2.46. The van der Waals surface area contributed by atoms with Crippen molar-refractivity contribution in [1.29, 1.82) is 0 Å². The van der Waals surface area contributed by atoms with Crippen LogP contribution in [0.25, 0.3) is 11.1 Å².